The molecule has 1 fully saturated rings. The van der Waals surface area contributed by atoms with Gasteiger partial charge in [0.05, 0.1) is 23.0 Å². The number of imide groups is 1. The zero-order chi connectivity index (χ0) is 37.5. The highest BCUT2D eigenvalue weighted by atomic mass is 32.2. The van der Waals surface area contributed by atoms with Crippen LogP contribution in [0.4, 0.5) is 0 Å². The van der Waals surface area contributed by atoms with Crippen molar-refractivity contribution in [1.82, 2.24) is 15.8 Å². The van der Waals surface area contributed by atoms with Crippen LogP contribution in [-0.2, 0) is 48.2 Å². The van der Waals surface area contributed by atoms with Crippen molar-refractivity contribution < 1.29 is 46.8 Å². The van der Waals surface area contributed by atoms with Crippen molar-refractivity contribution in [3.8, 4) is 0 Å². The van der Waals surface area contributed by atoms with Gasteiger partial charge < -0.3 is 4.74 Å². The molecule has 2 unspecified atom stereocenters. The summed E-state index contributed by atoms with van der Waals surface area (Å²) in [5.74, 6) is -2.97. The molecule has 0 bridgehead atoms. The number of hydrazine groups is 1. The van der Waals surface area contributed by atoms with Crippen molar-refractivity contribution in [2.24, 2.45) is 29.5 Å². The molecule has 14 nitrogen and oxygen atoms in total. The number of nitrogens with zero attached hydrogens (tertiary/aromatic N) is 1. The maximum absolute atomic E-state index is 15.1. The van der Waals surface area contributed by atoms with Gasteiger partial charge in [0.2, 0.25) is 21.7 Å². The van der Waals surface area contributed by atoms with Crippen LogP contribution in [0.15, 0.2) is 59.7 Å². The van der Waals surface area contributed by atoms with Gasteiger partial charge in [0.1, 0.15) is 11.3 Å². The normalized spacial score (nSPS) is 20.5. The molecule has 51 heavy (non-hydrogen) atoms. The van der Waals surface area contributed by atoms with E-state index in [1.807, 2.05) is 0 Å². The van der Waals surface area contributed by atoms with E-state index in [1.165, 1.54) is 24.3 Å². The highest BCUT2D eigenvalue weighted by Gasteiger charge is 2.59. The molecule has 0 spiro atoms. The number of nitrogens with two attached hydrogens (primary N) is 1. The molecule has 0 saturated carbocycles. The topological polar surface area (TPSA) is 208 Å². The van der Waals surface area contributed by atoms with Crippen LogP contribution >= 0.6 is 0 Å². The van der Waals surface area contributed by atoms with Gasteiger partial charge in [0.25, 0.3) is 16.9 Å². The predicted octanol–water partition coefficient (Wildman–Crippen LogP) is 2.46. The number of ketones is 1. The van der Waals surface area contributed by atoms with E-state index in [0.29, 0.717) is 23.5 Å². The molecule has 3 aliphatic rings. The smallest absolute Gasteiger partial charge is 0.267 e. The summed E-state index contributed by atoms with van der Waals surface area (Å²) in [4.78, 5) is 87.4. The molecule has 0 aromatic heterocycles. The molecule has 0 radical (unpaired) electrons. The van der Waals surface area contributed by atoms with Gasteiger partial charge in [-0.1, -0.05) is 82.3 Å². The van der Waals surface area contributed by atoms with Crippen LogP contribution < -0.4 is 16.7 Å². The Labute approximate surface area is 297 Å². The highest BCUT2D eigenvalue weighted by Crippen LogP contribution is 2.44. The maximum Gasteiger partial charge on any atom is 0.267 e. The summed E-state index contributed by atoms with van der Waals surface area (Å²) in [6, 6.07) is 8.55. The first-order chi connectivity index (χ1) is 24.1. The number of hydrogen-bond acceptors (Lipinski definition) is 11. The molecule has 4 atom stereocenters. The molecular weight excluding hydrogens is 680 g/mol. The Balaban J connectivity index is 1.91. The lowest BCUT2D eigenvalue weighted by Gasteiger charge is -2.41. The fourth-order valence-electron chi connectivity index (χ4n) is 6.82. The number of amides is 4. The number of ether oxygens (including phenoxy) is 1. The average Bonchev–Trinajstić information content (AvgIpc) is 3.34. The Hall–Kier alpha value is -4.31. The maximum atomic E-state index is 15.1. The lowest BCUT2D eigenvalue weighted by molar-refractivity contribution is -0.203. The number of carbonyl (C=O) groups is 6. The molecule has 15 heteroatoms. The lowest BCUT2D eigenvalue weighted by Crippen LogP contribution is -2.60. The first-order valence-corrected chi connectivity index (χ1v) is 18.5. The standard InChI is InChI=1S/C36H46N4O10S/c1-22(2)19-26(32(43)38-37)31(33(44)39-50-29-15-8-9-18-49-29)36(20-23(3)4,17-16-24-11-6-5-7-12-24)51(47,48)28(42)21-40-34(45)25-13-10-14-27(41)30(25)35(40)46/h5-7,10-13,16-17,22-23,26,29,31H,8-9,14-15,18-21,37H2,1-4H3,(H,38,43)(H,39,44)/b17-16+/t26-,29?,31+,36?/m1/s1. The number of allylic oxidation sites excluding steroid dienone is 1. The molecule has 4 amide bonds. The van der Waals surface area contributed by atoms with Crippen molar-refractivity contribution >= 4 is 50.4 Å². The highest BCUT2D eigenvalue weighted by molar-refractivity contribution is 8.07. The summed E-state index contributed by atoms with van der Waals surface area (Å²) in [5.41, 5.74) is 4.28. The summed E-state index contributed by atoms with van der Waals surface area (Å²) >= 11 is 0. The third kappa shape index (κ3) is 8.60. The second-order valence-electron chi connectivity index (χ2n) is 13.8. The number of rotatable bonds is 15. The summed E-state index contributed by atoms with van der Waals surface area (Å²) in [5, 5.41) is -1.57. The van der Waals surface area contributed by atoms with Gasteiger partial charge in [-0.2, -0.15) is 0 Å². The second kappa shape index (κ2) is 16.8. The number of sulfone groups is 1. The fraction of sp³-hybridized carbons (Fsp3) is 0.500. The van der Waals surface area contributed by atoms with Crippen molar-refractivity contribution in [2.45, 2.75) is 77.3 Å². The Morgan fingerprint density at radius 2 is 1.75 bits per heavy atom. The predicted molar refractivity (Wildman–Crippen MR) is 186 cm³/mol. The Kier molecular flexibility index (Phi) is 13.0. The minimum absolute atomic E-state index is 0.0298. The van der Waals surface area contributed by atoms with Gasteiger partial charge in [0, 0.05) is 19.4 Å². The van der Waals surface area contributed by atoms with Crippen LogP contribution in [0.3, 0.4) is 0 Å². The molecule has 1 aromatic carbocycles. The molecule has 4 rings (SSSR count). The van der Waals surface area contributed by atoms with Crippen molar-refractivity contribution in [3.05, 3.63) is 65.3 Å². The lowest BCUT2D eigenvalue weighted by atomic mass is 9.72. The van der Waals surface area contributed by atoms with Crippen LogP contribution in [0.25, 0.3) is 6.08 Å². The van der Waals surface area contributed by atoms with E-state index >= 15 is 8.42 Å². The van der Waals surface area contributed by atoms with E-state index in [0.717, 1.165) is 12.8 Å². The molecule has 1 aromatic rings. The van der Waals surface area contributed by atoms with E-state index in [4.69, 9.17) is 15.4 Å². The van der Waals surface area contributed by atoms with Crippen molar-refractivity contribution in [1.29, 1.82) is 0 Å². The van der Waals surface area contributed by atoms with Gasteiger partial charge in [-0.25, -0.2) is 24.6 Å². The van der Waals surface area contributed by atoms with Gasteiger partial charge >= 0.3 is 0 Å². The van der Waals surface area contributed by atoms with E-state index in [1.54, 1.807) is 58.0 Å². The van der Waals surface area contributed by atoms with E-state index in [9.17, 15) is 28.8 Å². The first kappa shape index (κ1) is 39.5. The summed E-state index contributed by atoms with van der Waals surface area (Å²) in [6.07, 6.45) is 6.00. The van der Waals surface area contributed by atoms with Crippen LogP contribution in [0.5, 0.6) is 0 Å². The largest absolute Gasteiger partial charge is 0.350 e. The number of Topliss-reactive ketones (excluding diaryl/α,β-unsaturated/α-hetero) is 1. The Morgan fingerprint density at radius 3 is 2.33 bits per heavy atom. The third-order valence-corrected chi connectivity index (χ3v) is 11.4. The number of benzene rings is 1. The third-order valence-electron chi connectivity index (χ3n) is 9.09. The van der Waals surface area contributed by atoms with Gasteiger partial charge in [-0.3, -0.25) is 39.1 Å². The molecule has 2 heterocycles. The molecule has 1 saturated heterocycles. The monoisotopic (exact) mass is 726 g/mol. The minimum Gasteiger partial charge on any atom is -0.350 e. The van der Waals surface area contributed by atoms with Crippen molar-refractivity contribution in [2.75, 3.05) is 13.2 Å². The van der Waals surface area contributed by atoms with Gasteiger partial charge in [-0.05, 0) is 43.1 Å². The summed E-state index contributed by atoms with van der Waals surface area (Å²) in [7, 11) is -5.28. The fourth-order valence-corrected chi connectivity index (χ4v) is 8.95. The Morgan fingerprint density at radius 1 is 1.04 bits per heavy atom. The van der Waals surface area contributed by atoms with E-state index < -0.39 is 85.3 Å². The number of hydroxylamine groups is 1. The van der Waals surface area contributed by atoms with Gasteiger partial charge in [-0.15, -0.1) is 0 Å². The number of nitrogens with one attached hydrogen (secondary N) is 2. The summed E-state index contributed by atoms with van der Waals surface area (Å²) < 4.78 is 33.3. The Bertz CT molecular complexity index is 1730. The molecule has 276 valence electrons. The zero-order valence-corrected chi connectivity index (χ0v) is 30.1. The summed E-state index contributed by atoms with van der Waals surface area (Å²) in [6.45, 7) is 6.08. The number of carbonyl (C=O) groups excluding carboxylic acids is 6. The van der Waals surface area contributed by atoms with E-state index in [2.05, 4.69) is 10.9 Å². The van der Waals surface area contributed by atoms with Crippen molar-refractivity contribution in [3.63, 3.8) is 0 Å². The SMILES string of the molecule is CC(C)C[C@@H](C(=O)NN)[C@@H](C(=O)NOC1CCCCO1)C(/C=C/c1ccccc1)(CC(C)C)S(=O)(=O)C(=O)CN1C(=O)C2=C(C(=O)CC=C2)C1=O. The molecule has 1 aliphatic carbocycles. The molecule has 4 N–H and O–H groups in total. The first-order valence-electron chi connectivity index (χ1n) is 17.0. The van der Waals surface area contributed by atoms with Crippen LogP contribution in [-0.4, -0.2) is 72.0 Å². The van der Waals surface area contributed by atoms with Crippen LogP contribution in [0.2, 0.25) is 0 Å². The zero-order valence-electron chi connectivity index (χ0n) is 29.3. The number of hydrogen-bond donors (Lipinski definition) is 3. The van der Waals surface area contributed by atoms with Crippen LogP contribution in [0.1, 0.15) is 71.8 Å². The van der Waals surface area contributed by atoms with Crippen LogP contribution in [0, 0.1) is 23.7 Å². The molecular formula is C36H46N4O10S. The van der Waals surface area contributed by atoms with E-state index in [-0.39, 0.29) is 30.8 Å². The average molecular weight is 727 g/mol. The minimum atomic E-state index is -5.28. The second-order valence-corrected chi connectivity index (χ2v) is 16.0. The quantitative estimate of drug-likeness (QED) is 0.0786. The van der Waals surface area contributed by atoms with Gasteiger partial charge in [0.15, 0.2) is 12.1 Å². The molecule has 2 aliphatic heterocycles.